The number of nitrogen functional groups attached to an aromatic ring is 1. The lowest BCUT2D eigenvalue weighted by atomic mass is 10.0. The molecule has 0 fully saturated rings. The van der Waals surface area contributed by atoms with Crippen LogP contribution in [0.4, 0.5) is 10.6 Å². The van der Waals surface area contributed by atoms with E-state index in [0.717, 1.165) is 5.56 Å². The Morgan fingerprint density at radius 1 is 1.15 bits per heavy atom. The van der Waals surface area contributed by atoms with E-state index in [1.807, 2.05) is 44.2 Å². The Hall–Kier alpha value is -3.94. The molecule has 0 aliphatic heterocycles. The fraction of sp³-hybridized carbons (Fsp3) is 0.346. The number of fused-ring (bicyclic) bond motifs is 1. The minimum Gasteiger partial charge on any atom is -0.405 e. The van der Waals surface area contributed by atoms with Crippen LogP contribution in [0.3, 0.4) is 0 Å². The summed E-state index contributed by atoms with van der Waals surface area (Å²) in [5, 5.41) is 21.6. The van der Waals surface area contributed by atoms with Crippen LogP contribution in [0.15, 0.2) is 68.7 Å². The zero-order valence-corrected chi connectivity index (χ0v) is 22.6. The Morgan fingerprint density at radius 3 is 2.56 bits per heavy atom. The van der Waals surface area contributed by atoms with Crippen molar-refractivity contribution in [2.75, 3.05) is 18.8 Å². The van der Waals surface area contributed by atoms with Crippen LogP contribution in [0.25, 0.3) is 11.0 Å². The highest BCUT2D eigenvalue weighted by Gasteiger charge is 2.32. The molecule has 13 heteroatoms. The second-order valence-electron chi connectivity index (χ2n) is 9.59. The van der Waals surface area contributed by atoms with Gasteiger partial charge in [0.1, 0.15) is 6.20 Å². The van der Waals surface area contributed by atoms with E-state index in [-0.39, 0.29) is 41.9 Å². The molecule has 4 rings (SSSR count). The molecule has 0 aliphatic carbocycles. The molecule has 2 aromatic heterocycles. The topological polar surface area (TPSA) is 174 Å². The molecule has 0 saturated heterocycles. The molecule has 39 heavy (non-hydrogen) atoms. The SMILES string of the molecule is Cc1oncc1OC(=O)NC(Cc1ccccc1)C(O)CN(CC(C)C)S(=O)(=O)c1ccc2onc(N)c2c1. The molecule has 0 radical (unpaired) electrons. The zero-order chi connectivity index (χ0) is 28.2. The number of nitrogens with two attached hydrogens (primary N) is 1. The number of nitrogens with zero attached hydrogens (tertiary/aromatic N) is 3. The van der Waals surface area contributed by atoms with E-state index >= 15 is 0 Å². The van der Waals surface area contributed by atoms with Crippen LogP contribution in [0.1, 0.15) is 25.2 Å². The lowest BCUT2D eigenvalue weighted by molar-refractivity contribution is 0.0990. The summed E-state index contributed by atoms with van der Waals surface area (Å²) in [5.41, 5.74) is 7.01. The van der Waals surface area contributed by atoms with Crippen molar-refractivity contribution in [3.05, 3.63) is 66.1 Å². The largest absolute Gasteiger partial charge is 0.413 e. The molecule has 0 spiro atoms. The molecule has 2 aromatic carbocycles. The van der Waals surface area contributed by atoms with Crippen LogP contribution in [-0.4, -0.2) is 59.5 Å². The van der Waals surface area contributed by atoms with Crippen molar-refractivity contribution >= 4 is 32.9 Å². The first-order valence-electron chi connectivity index (χ1n) is 12.3. The number of nitrogens with one attached hydrogen (secondary N) is 1. The third kappa shape index (κ3) is 6.74. The molecule has 0 aliphatic rings. The number of rotatable bonds is 11. The number of ether oxygens (including phenoxy) is 1. The van der Waals surface area contributed by atoms with Gasteiger partial charge in [-0.15, -0.1) is 0 Å². The Bertz CT molecular complexity index is 1520. The molecule has 4 aromatic rings. The highest BCUT2D eigenvalue weighted by Crippen LogP contribution is 2.26. The van der Waals surface area contributed by atoms with Gasteiger partial charge in [-0.2, -0.15) is 4.31 Å². The number of benzene rings is 2. The number of aromatic nitrogens is 2. The highest BCUT2D eigenvalue weighted by atomic mass is 32.2. The van der Waals surface area contributed by atoms with Crippen molar-refractivity contribution < 1.29 is 32.1 Å². The van der Waals surface area contributed by atoms with Gasteiger partial charge in [0.15, 0.2) is 22.9 Å². The maximum absolute atomic E-state index is 13.7. The molecule has 2 atom stereocenters. The first-order valence-corrected chi connectivity index (χ1v) is 13.7. The van der Waals surface area contributed by atoms with E-state index in [1.165, 1.54) is 28.7 Å². The summed E-state index contributed by atoms with van der Waals surface area (Å²) < 4.78 is 43.9. The number of hydrogen-bond donors (Lipinski definition) is 3. The van der Waals surface area contributed by atoms with Crippen LogP contribution in [0, 0.1) is 12.8 Å². The van der Waals surface area contributed by atoms with E-state index in [2.05, 4.69) is 15.6 Å². The smallest absolute Gasteiger partial charge is 0.405 e. The number of aryl methyl sites for hydroxylation is 1. The van der Waals surface area contributed by atoms with Crippen molar-refractivity contribution in [3.8, 4) is 5.75 Å². The van der Waals surface area contributed by atoms with E-state index in [9.17, 15) is 18.3 Å². The van der Waals surface area contributed by atoms with Crippen LogP contribution < -0.4 is 15.8 Å². The quantitative estimate of drug-likeness (QED) is 0.248. The molecule has 2 unspecified atom stereocenters. The van der Waals surface area contributed by atoms with E-state index in [0.29, 0.717) is 16.7 Å². The van der Waals surface area contributed by atoms with Crippen molar-refractivity contribution in [2.45, 2.75) is 44.2 Å². The second kappa shape index (κ2) is 11.8. The monoisotopic (exact) mass is 557 g/mol. The molecule has 0 bridgehead atoms. The average Bonchev–Trinajstić information content (AvgIpc) is 3.47. The predicted molar refractivity (Wildman–Crippen MR) is 142 cm³/mol. The average molecular weight is 558 g/mol. The third-order valence-corrected chi connectivity index (χ3v) is 7.87. The molecular formula is C26H31N5O7S. The standard InChI is InChI=1S/C26H31N5O7S/c1-16(2)14-31(39(34,35)19-9-10-23-20(12-19)25(27)30-38-23)15-22(32)21(11-18-7-5-4-6-8-18)29-26(33)36-24-13-28-37-17(24)3/h4-10,12-13,16,21-22,32H,11,14-15H2,1-3H3,(H2,27,30)(H,29,33). The number of aliphatic hydroxyl groups is 1. The first kappa shape index (κ1) is 28.1. The lowest BCUT2D eigenvalue weighted by Gasteiger charge is -2.30. The normalized spacial score (nSPS) is 13.6. The predicted octanol–water partition coefficient (Wildman–Crippen LogP) is 3.11. The van der Waals surface area contributed by atoms with E-state index in [4.69, 9.17) is 19.5 Å². The van der Waals surface area contributed by atoms with E-state index in [1.54, 1.807) is 6.92 Å². The van der Waals surface area contributed by atoms with Gasteiger partial charge in [-0.05, 0) is 36.1 Å². The molecule has 2 heterocycles. The summed E-state index contributed by atoms with van der Waals surface area (Å²) >= 11 is 0. The number of amides is 1. The lowest BCUT2D eigenvalue weighted by Crippen LogP contribution is -2.51. The summed E-state index contributed by atoms with van der Waals surface area (Å²) in [5.74, 6) is 0.461. The van der Waals surface area contributed by atoms with E-state index < -0.39 is 28.3 Å². The van der Waals surface area contributed by atoms with Gasteiger partial charge in [0.2, 0.25) is 10.0 Å². The Labute approximate surface area is 225 Å². The second-order valence-corrected chi connectivity index (χ2v) is 11.5. The van der Waals surface area contributed by atoms with Crippen LogP contribution in [-0.2, 0) is 16.4 Å². The van der Waals surface area contributed by atoms with Crippen LogP contribution in [0.5, 0.6) is 5.75 Å². The minimum absolute atomic E-state index is 0.0207. The van der Waals surface area contributed by atoms with Crippen LogP contribution in [0.2, 0.25) is 0 Å². The maximum atomic E-state index is 13.7. The first-order chi connectivity index (χ1) is 18.5. The Morgan fingerprint density at radius 2 is 1.90 bits per heavy atom. The summed E-state index contributed by atoms with van der Waals surface area (Å²) in [6.45, 7) is 5.16. The number of anilines is 1. The molecule has 208 valence electrons. The van der Waals surface area contributed by atoms with Crippen molar-refractivity contribution in [1.29, 1.82) is 0 Å². The summed E-state index contributed by atoms with van der Waals surface area (Å²) in [4.78, 5) is 12.7. The summed E-state index contributed by atoms with van der Waals surface area (Å²) in [7, 11) is -4.08. The van der Waals surface area contributed by atoms with Gasteiger partial charge in [0, 0.05) is 20.0 Å². The number of carbonyl (C=O) groups excluding carboxylic acids is 1. The van der Waals surface area contributed by atoms with Crippen molar-refractivity contribution in [2.24, 2.45) is 5.92 Å². The highest BCUT2D eigenvalue weighted by molar-refractivity contribution is 7.89. The van der Waals surface area contributed by atoms with Gasteiger partial charge >= 0.3 is 6.09 Å². The van der Waals surface area contributed by atoms with Crippen LogP contribution >= 0.6 is 0 Å². The van der Waals surface area contributed by atoms with Gasteiger partial charge in [-0.25, -0.2) is 13.2 Å². The maximum Gasteiger partial charge on any atom is 0.413 e. The number of sulfonamides is 1. The van der Waals surface area contributed by atoms with Gasteiger partial charge in [-0.1, -0.05) is 54.5 Å². The molecular weight excluding hydrogens is 526 g/mol. The number of hydrogen-bond acceptors (Lipinski definition) is 10. The molecule has 12 nitrogen and oxygen atoms in total. The molecule has 0 saturated carbocycles. The van der Waals surface area contributed by atoms with Gasteiger partial charge in [0.25, 0.3) is 0 Å². The summed E-state index contributed by atoms with van der Waals surface area (Å²) in [6, 6.07) is 12.6. The Kier molecular flexibility index (Phi) is 8.53. The third-order valence-electron chi connectivity index (χ3n) is 6.04. The van der Waals surface area contributed by atoms with Gasteiger partial charge < -0.3 is 29.9 Å². The fourth-order valence-electron chi connectivity index (χ4n) is 4.08. The fourth-order valence-corrected chi connectivity index (χ4v) is 5.73. The zero-order valence-electron chi connectivity index (χ0n) is 21.8. The summed E-state index contributed by atoms with van der Waals surface area (Å²) in [6.07, 6.45) is -0.654. The Balaban J connectivity index is 1.59. The van der Waals surface area contributed by atoms with Crippen molar-refractivity contribution in [1.82, 2.24) is 19.9 Å². The van der Waals surface area contributed by atoms with Gasteiger partial charge in [-0.3, -0.25) is 0 Å². The van der Waals surface area contributed by atoms with Gasteiger partial charge in [0.05, 0.1) is 22.4 Å². The number of carbonyl (C=O) groups is 1. The number of aliphatic hydroxyl groups excluding tert-OH is 1. The minimum atomic E-state index is -4.08. The van der Waals surface area contributed by atoms with Crippen molar-refractivity contribution in [3.63, 3.8) is 0 Å². The molecule has 4 N–H and O–H groups in total. The molecule has 1 amide bonds.